The lowest BCUT2D eigenvalue weighted by Gasteiger charge is -2.17. The van der Waals surface area contributed by atoms with Gasteiger partial charge in [-0.15, -0.1) is 0 Å². The second kappa shape index (κ2) is 5.98. The number of hydrogen-bond acceptors (Lipinski definition) is 3. The van der Waals surface area contributed by atoms with Gasteiger partial charge in [0.1, 0.15) is 0 Å². The van der Waals surface area contributed by atoms with Gasteiger partial charge in [-0.2, -0.15) is 0 Å². The van der Waals surface area contributed by atoms with Gasteiger partial charge in [0.2, 0.25) is 5.91 Å². The smallest absolute Gasteiger partial charge is 0.222 e. The van der Waals surface area contributed by atoms with Gasteiger partial charge in [-0.05, 0) is 26.8 Å². The van der Waals surface area contributed by atoms with E-state index in [-0.39, 0.29) is 5.91 Å². The Balaban J connectivity index is 3.35. The van der Waals surface area contributed by atoms with Gasteiger partial charge in [0, 0.05) is 27.1 Å². The summed E-state index contributed by atoms with van der Waals surface area (Å²) in [6, 6.07) is 0. The van der Waals surface area contributed by atoms with Crippen molar-refractivity contribution in [1.82, 2.24) is 10.2 Å². The van der Waals surface area contributed by atoms with Crippen LogP contribution in [0, 0.1) is 0 Å². The van der Waals surface area contributed by atoms with Crippen molar-refractivity contribution in [3.63, 3.8) is 0 Å². The van der Waals surface area contributed by atoms with E-state index in [9.17, 15) is 9.90 Å². The van der Waals surface area contributed by atoms with Crippen LogP contribution >= 0.6 is 0 Å². The Kier molecular flexibility index (Phi) is 5.72. The molecule has 0 radical (unpaired) electrons. The molecule has 14 heavy (non-hydrogen) atoms. The summed E-state index contributed by atoms with van der Waals surface area (Å²) in [6.07, 6.45) is 1.37. The lowest BCUT2D eigenvalue weighted by atomic mass is 10.1. The fourth-order valence-electron chi connectivity index (χ4n) is 0.983. The average Bonchev–Trinajstić information content (AvgIpc) is 2.01. The molecule has 0 aromatic rings. The maximum atomic E-state index is 11.2. The van der Waals surface area contributed by atoms with Crippen molar-refractivity contribution < 1.29 is 9.90 Å². The van der Waals surface area contributed by atoms with E-state index in [0.29, 0.717) is 13.0 Å². The van der Waals surface area contributed by atoms with Crippen molar-refractivity contribution in [2.45, 2.75) is 32.3 Å². The highest BCUT2D eigenvalue weighted by Crippen LogP contribution is 1.98. The van der Waals surface area contributed by atoms with Gasteiger partial charge >= 0.3 is 0 Å². The van der Waals surface area contributed by atoms with E-state index in [1.807, 2.05) is 0 Å². The van der Waals surface area contributed by atoms with Crippen LogP contribution in [-0.4, -0.2) is 48.7 Å². The van der Waals surface area contributed by atoms with E-state index in [4.69, 9.17) is 0 Å². The number of carbonyl (C=O) groups excluding carboxylic acids is 1. The topological polar surface area (TPSA) is 52.6 Å². The zero-order chi connectivity index (χ0) is 11.2. The summed E-state index contributed by atoms with van der Waals surface area (Å²) >= 11 is 0. The number of rotatable bonds is 6. The van der Waals surface area contributed by atoms with Crippen molar-refractivity contribution in [2.75, 3.05) is 27.2 Å². The van der Waals surface area contributed by atoms with Crippen LogP contribution in [0.25, 0.3) is 0 Å². The fourth-order valence-corrected chi connectivity index (χ4v) is 0.983. The molecular formula is C10H22N2O2. The fraction of sp³-hybridized carbons (Fsp3) is 0.900. The quantitative estimate of drug-likeness (QED) is 0.606. The molecule has 1 amide bonds. The predicted octanol–water partition coefficient (Wildman–Crippen LogP) is 0.215. The van der Waals surface area contributed by atoms with Crippen LogP contribution in [0.3, 0.4) is 0 Å². The van der Waals surface area contributed by atoms with E-state index in [0.717, 1.165) is 13.0 Å². The average molecular weight is 202 g/mol. The summed E-state index contributed by atoms with van der Waals surface area (Å²) in [5, 5.41) is 12.5. The molecule has 0 aromatic heterocycles. The minimum absolute atomic E-state index is 0.148. The zero-order valence-electron chi connectivity index (χ0n) is 9.63. The molecule has 0 heterocycles. The van der Waals surface area contributed by atoms with E-state index in [1.165, 1.54) is 0 Å². The maximum absolute atomic E-state index is 11.2. The Labute approximate surface area is 86.3 Å². The molecule has 0 saturated heterocycles. The molecule has 0 unspecified atom stereocenters. The lowest BCUT2D eigenvalue weighted by Crippen LogP contribution is -2.35. The van der Waals surface area contributed by atoms with Crippen molar-refractivity contribution in [1.29, 1.82) is 0 Å². The van der Waals surface area contributed by atoms with Gasteiger partial charge in [0.05, 0.1) is 5.60 Å². The summed E-state index contributed by atoms with van der Waals surface area (Å²) in [5.74, 6) is 0.148. The molecule has 0 aliphatic rings. The van der Waals surface area contributed by atoms with Crippen molar-refractivity contribution >= 4 is 5.91 Å². The van der Waals surface area contributed by atoms with Crippen molar-refractivity contribution in [3.8, 4) is 0 Å². The Bertz CT molecular complexity index is 173. The van der Waals surface area contributed by atoms with Crippen molar-refractivity contribution in [3.05, 3.63) is 0 Å². The van der Waals surface area contributed by atoms with Crippen LogP contribution < -0.4 is 5.32 Å². The number of amides is 1. The van der Waals surface area contributed by atoms with Crippen molar-refractivity contribution in [2.24, 2.45) is 0 Å². The van der Waals surface area contributed by atoms with Gasteiger partial charge in [-0.25, -0.2) is 0 Å². The first-order valence-electron chi connectivity index (χ1n) is 4.96. The summed E-state index contributed by atoms with van der Waals surface area (Å²) in [6.45, 7) is 4.84. The maximum Gasteiger partial charge on any atom is 0.222 e. The summed E-state index contributed by atoms with van der Waals surface area (Å²) < 4.78 is 0. The number of aliphatic hydroxyl groups is 1. The molecule has 0 aromatic carbocycles. The summed E-state index contributed by atoms with van der Waals surface area (Å²) in [4.78, 5) is 12.7. The first kappa shape index (κ1) is 13.4. The Morgan fingerprint density at radius 1 is 1.43 bits per heavy atom. The molecule has 0 saturated carbocycles. The second-order valence-electron chi connectivity index (χ2n) is 4.38. The third-order valence-corrected chi connectivity index (χ3v) is 1.80. The molecular weight excluding hydrogens is 180 g/mol. The molecule has 0 aliphatic carbocycles. The highest BCUT2D eigenvalue weighted by Gasteiger charge is 2.10. The standard InChI is InChI=1S/C10H22N2O2/c1-10(2,14)8-11-7-5-6-9(13)12(3)4/h11,14H,5-8H2,1-4H3. The number of nitrogens with one attached hydrogen (secondary N) is 1. The highest BCUT2D eigenvalue weighted by atomic mass is 16.3. The Morgan fingerprint density at radius 2 is 2.00 bits per heavy atom. The van der Waals surface area contributed by atoms with E-state index in [1.54, 1.807) is 32.8 Å². The van der Waals surface area contributed by atoms with E-state index < -0.39 is 5.60 Å². The van der Waals surface area contributed by atoms with Crippen LogP contribution in [0.4, 0.5) is 0 Å². The molecule has 0 rings (SSSR count). The summed E-state index contributed by atoms with van der Waals surface area (Å²) in [5.41, 5.74) is -0.675. The monoisotopic (exact) mass is 202 g/mol. The van der Waals surface area contributed by atoms with Gasteiger partial charge in [0.25, 0.3) is 0 Å². The SMILES string of the molecule is CN(C)C(=O)CCCNCC(C)(C)O. The highest BCUT2D eigenvalue weighted by molar-refractivity contribution is 5.75. The molecule has 4 nitrogen and oxygen atoms in total. The second-order valence-corrected chi connectivity index (χ2v) is 4.38. The minimum atomic E-state index is -0.675. The minimum Gasteiger partial charge on any atom is -0.389 e. The first-order chi connectivity index (χ1) is 6.33. The summed E-state index contributed by atoms with van der Waals surface area (Å²) in [7, 11) is 3.51. The van der Waals surface area contributed by atoms with E-state index >= 15 is 0 Å². The van der Waals surface area contributed by atoms with Crippen LogP contribution in [0.1, 0.15) is 26.7 Å². The van der Waals surface area contributed by atoms with Gasteiger partial charge in [-0.3, -0.25) is 4.79 Å². The molecule has 84 valence electrons. The predicted molar refractivity (Wildman–Crippen MR) is 57.1 cm³/mol. The zero-order valence-corrected chi connectivity index (χ0v) is 9.63. The first-order valence-corrected chi connectivity index (χ1v) is 4.96. The third-order valence-electron chi connectivity index (χ3n) is 1.80. The van der Waals surface area contributed by atoms with Crippen LogP contribution in [0.2, 0.25) is 0 Å². The number of carbonyl (C=O) groups is 1. The van der Waals surface area contributed by atoms with Crippen LogP contribution in [0.15, 0.2) is 0 Å². The number of nitrogens with zero attached hydrogens (tertiary/aromatic N) is 1. The Morgan fingerprint density at radius 3 is 2.43 bits per heavy atom. The largest absolute Gasteiger partial charge is 0.389 e. The molecule has 0 bridgehead atoms. The molecule has 0 spiro atoms. The molecule has 0 atom stereocenters. The van der Waals surface area contributed by atoms with Gasteiger partial charge in [0.15, 0.2) is 0 Å². The molecule has 2 N–H and O–H groups in total. The van der Waals surface area contributed by atoms with Crippen LogP contribution in [-0.2, 0) is 4.79 Å². The van der Waals surface area contributed by atoms with Gasteiger partial charge in [-0.1, -0.05) is 0 Å². The van der Waals surface area contributed by atoms with Crippen LogP contribution in [0.5, 0.6) is 0 Å². The normalized spacial score (nSPS) is 11.5. The number of hydrogen-bond donors (Lipinski definition) is 2. The molecule has 0 aliphatic heterocycles. The third kappa shape index (κ3) is 8.01. The Hall–Kier alpha value is -0.610. The lowest BCUT2D eigenvalue weighted by molar-refractivity contribution is -0.128. The van der Waals surface area contributed by atoms with Gasteiger partial charge < -0.3 is 15.3 Å². The molecule has 0 fully saturated rings. The van der Waals surface area contributed by atoms with E-state index in [2.05, 4.69) is 5.32 Å². The molecule has 4 heteroatoms.